The summed E-state index contributed by atoms with van der Waals surface area (Å²) in [5.74, 6) is 0.322. The molecule has 18 heavy (non-hydrogen) atoms. The van der Waals surface area contributed by atoms with E-state index in [1.807, 2.05) is 6.20 Å². The molecule has 1 N–H and O–H groups in total. The first-order valence-corrected chi connectivity index (χ1v) is 7.00. The average molecular weight is 247 g/mol. The molecule has 1 saturated heterocycles. The van der Waals surface area contributed by atoms with Crippen LogP contribution in [0.3, 0.4) is 0 Å². The van der Waals surface area contributed by atoms with E-state index in [0.29, 0.717) is 12.0 Å². The van der Waals surface area contributed by atoms with Gasteiger partial charge >= 0.3 is 0 Å². The lowest BCUT2D eigenvalue weighted by Gasteiger charge is -2.23. The molecule has 2 heterocycles. The number of nitrogens with zero attached hydrogens (tertiary/aromatic N) is 3. The van der Waals surface area contributed by atoms with E-state index in [4.69, 9.17) is 0 Å². The third-order valence-electron chi connectivity index (χ3n) is 4.36. The Morgan fingerprint density at radius 1 is 1.22 bits per heavy atom. The van der Waals surface area contributed by atoms with Crippen LogP contribution in [0.2, 0.25) is 0 Å². The van der Waals surface area contributed by atoms with Gasteiger partial charge in [0.2, 0.25) is 0 Å². The van der Waals surface area contributed by atoms with Crippen molar-refractivity contribution in [1.29, 1.82) is 0 Å². The molecule has 1 aromatic rings. The van der Waals surface area contributed by atoms with Gasteiger partial charge in [0.15, 0.2) is 0 Å². The van der Waals surface area contributed by atoms with E-state index in [1.54, 1.807) is 12.4 Å². The van der Waals surface area contributed by atoms with Crippen molar-refractivity contribution < 1.29 is 5.11 Å². The maximum absolute atomic E-state index is 10.2. The molecule has 3 rings (SSSR count). The summed E-state index contributed by atoms with van der Waals surface area (Å²) >= 11 is 0. The third kappa shape index (κ3) is 2.54. The summed E-state index contributed by atoms with van der Waals surface area (Å²) in [4.78, 5) is 10.9. The van der Waals surface area contributed by atoms with Crippen molar-refractivity contribution >= 4 is 0 Å². The van der Waals surface area contributed by atoms with Crippen LogP contribution in [0.15, 0.2) is 18.6 Å². The molecule has 2 atom stereocenters. The zero-order valence-corrected chi connectivity index (χ0v) is 10.7. The van der Waals surface area contributed by atoms with E-state index in [0.717, 1.165) is 25.2 Å². The second kappa shape index (κ2) is 5.33. The molecule has 2 fully saturated rings. The molecule has 98 valence electrons. The van der Waals surface area contributed by atoms with Gasteiger partial charge in [0.05, 0.1) is 11.8 Å². The van der Waals surface area contributed by atoms with E-state index in [1.165, 1.54) is 25.7 Å². The lowest BCUT2D eigenvalue weighted by molar-refractivity contribution is 0.136. The normalized spacial score (nSPS) is 30.1. The van der Waals surface area contributed by atoms with Gasteiger partial charge in [0, 0.05) is 43.6 Å². The van der Waals surface area contributed by atoms with Gasteiger partial charge in [-0.15, -0.1) is 0 Å². The second-order valence-electron chi connectivity index (χ2n) is 5.62. The van der Waals surface area contributed by atoms with Gasteiger partial charge in [0.1, 0.15) is 0 Å². The standard InChI is InChI=1S/C14H21N3O/c18-14-10-17(13-3-1-2-4-13)9-11(14)7-12-8-15-5-6-16-12/h5-6,8,11,13-14,18H,1-4,7,9-10H2/t11-,14-/m1/s1. The summed E-state index contributed by atoms with van der Waals surface area (Å²) in [5, 5.41) is 10.2. The molecule has 1 saturated carbocycles. The van der Waals surface area contributed by atoms with Crippen LogP contribution >= 0.6 is 0 Å². The monoisotopic (exact) mass is 247 g/mol. The summed E-state index contributed by atoms with van der Waals surface area (Å²) in [6, 6.07) is 0.714. The van der Waals surface area contributed by atoms with E-state index < -0.39 is 0 Å². The summed E-state index contributed by atoms with van der Waals surface area (Å²) in [5.41, 5.74) is 0.995. The largest absolute Gasteiger partial charge is 0.391 e. The lowest BCUT2D eigenvalue weighted by atomic mass is 10.0. The average Bonchev–Trinajstić information content (AvgIpc) is 3.01. The number of hydrogen-bond donors (Lipinski definition) is 1. The van der Waals surface area contributed by atoms with E-state index >= 15 is 0 Å². The third-order valence-corrected chi connectivity index (χ3v) is 4.36. The molecular weight excluding hydrogens is 226 g/mol. The summed E-state index contributed by atoms with van der Waals surface area (Å²) in [6.45, 7) is 1.86. The van der Waals surface area contributed by atoms with E-state index in [9.17, 15) is 5.11 Å². The highest BCUT2D eigenvalue weighted by Crippen LogP contribution is 2.29. The van der Waals surface area contributed by atoms with E-state index in [2.05, 4.69) is 14.9 Å². The molecule has 4 nitrogen and oxygen atoms in total. The quantitative estimate of drug-likeness (QED) is 0.873. The lowest BCUT2D eigenvalue weighted by Crippen LogP contribution is -2.31. The Morgan fingerprint density at radius 3 is 2.78 bits per heavy atom. The Bertz CT molecular complexity index is 378. The maximum atomic E-state index is 10.2. The molecule has 1 aliphatic heterocycles. The highest BCUT2D eigenvalue weighted by Gasteiger charge is 2.35. The Hall–Kier alpha value is -1.00. The number of likely N-dealkylation sites (tertiary alicyclic amines) is 1. The first kappa shape index (κ1) is 12.1. The fourth-order valence-electron chi connectivity index (χ4n) is 3.36. The van der Waals surface area contributed by atoms with Gasteiger partial charge < -0.3 is 5.11 Å². The number of hydrogen-bond acceptors (Lipinski definition) is 4. The van der Waals surface area contributed by atoms with Gasteiger partial charge in [-0.2, -0.15) is 0 Å². The van der Waals surface area contributed by atoms with Crippen molar-refractivity contribution in [3.63, 3.8) is 0 Å². The molecule has 0 spiro atoms. The summed E-state index contributed by atoms with van der Waals surface area (Å²) < 4.78 is 0. The topological polar surface area (TPSA) is 49.2 Å². The molecule has 4 heteroatoms. The Morgan fingerprint density at radius 2 is 2.06 bits per heavy atom. The molecule has 1 aliphatic carbocycles. The molecule has 0 aromatic carbocycles. The van der Waals surface area contributed by atoms with Crippen LogP contribution in [0.25, 0.3) is 0 Å². The smallest absolute Gasteiger partial charge is 0.0711 e. The predicted octanol–water partition coefficient (Wildman–Crippen LogP) is 1.25. The minimum atomic E-state index is -0.201. The first-order chi connectivity index (χ1) is 8.83. The molecule has 0 radical (unpaired) electrons. The number of aliphatic hydroxyl groups is 1. The highest BCUT2D eigenvalue weighted by molar-refractivity contribution is 5.00. The maximum Gasteiger partial charge on any atom is 0.0711 e. The molecular formula is C14H21N3O. The van der Waals surface area contributed by atoms with E-state index in [-0.39, 0.29) is 6.10 Å². The molecule has 2 aliphatic rings. The van der Waals surface area contributed by atoms with Crippen molar-refractivity contribution in [2.75, 3.05) is 13.1 Å². The van der Waals surface area contributed by atoms with Crippen LogP contribution in [-0.2, 0) is 6.42 Å². The SMILES string of the molecule is O[C@@H]1CN(C2CCCC2)C[C@H]1Cc1cnccn1. The Labute approximate surface area is 108 Å². The Balaban J connectivity index is 1.60. The van der Waals surface area contributed by atoms with Crippen molar-refractivity contribution in [3.05, 3.63) is 24.3 Å². The van der Waals surface area contributed by atoms with Gasteiger partial charge in [0.25, 0.3) is 0 Å². The number of β-amino-alcohol motifs (C(OH)–C–C–N with tert-alkyl or cyclic N) is 1. The van der Waals surface area contributed by atoms with Crippen LogP contribution in [0.5, 0.6) is 0 Å². The minimum Gasteiger partial charge on any atom is -0.391 e. The van der Waals surface area contributed by atoms with Gasteiger partial charge in [-0.25, -0.2) is 0 Å². The first-order valence-electron chi connectivity index (χ1n) is 7.00. The molecule has 0 unspecified atom stereocenters. The van der Waals surface area contributed by atoms with Crippen LogP contribution in [0, 0.1) is 5.92 Å². The van der Waals surface area contributed by atoms with Crippen molar-refractivity contribution in [1.82, 2.24) is 14.9 Å². The second-order valence-corrected chi connectivity index (χ2v) is 5.62. The zero-order chi connectivity index (χ0) is 12.4. The minimum absolute atomic E-state index is 0.201. The number of aromatic nitrogens is 2. The van der Waals surface area contributed by atoms with Gasteiger partial charge in [-0.05, 0) is 19.3 Å². The summed E-state index contributed by atoms with van der Waals surface area (Å²) in [6.07, 6.45) is 11.2. The zero-order valence-electron chi connectivity index (χ0n) is 10.7. The van der Waals surface area contributed by atoms with Crippen molar-refractivity contribution in [2.45, 2.75) is 44.2 Å². The molecule has 0 bridgehead atoms. The van der Waals surface area contributed by atoms with Crippen LogP contribution in [-0.4, -0.2) is 45.2 Å². The van der Waals surface area contributed by atoms with Crippen LogP contribution < -0.4 is 0 Å². The summed E-state index contributed by atoms with van der Waals surface area (Å²) in [7, 11) is 0. The number of aliphatic hydroxyl groups excluding tert-OH is 1. The van der Waals surface area contributed by atoms with Crippen LogP contribution in [0.1, 0.15) is 31.4 Å². The Kier molecular flexibility index (Phi) is 3.57. The van der Waals surface area contributed by atoms with Gasteiger partial charge in [-0.1, -0.05) is 12.8 Å². The predicted molar refractivity (Wildman–Crippen MR) is 69.1 cm³/mol. The van der Waals surface area contributed by atoms with Crippen LogP contribution in [0.4, 0.5) is 0 Å². The van der Waals surface area contributed by atoms with Crippen molar-refractivity contribution in [3.8, 4) is 0 Å². The van der Waals surface area contributed by atoms with Gasteiger partial charge in [-0.3, -0.25) is 14.9 Å². The fraction of sp³-hybridized carbons (Fsp3) is 0.714. The highest BCUT2D eigenvalue weighted by atomic mass is 16.3. The number of rotatable bonds is 3. The molecule has 0 amide bonds. The fourth-order valence-corrected chi connectivity index (χ4v) is 3.36. The van der Waals surface area contributed by atoms with Crippen molar-refractivity contribution in [2.24, 2.45) is 5.92 Å². The molecule has 1 aromatic heterocycles.